The molecule has 2 aliphatic rings. The molecule has 1 N–H and O–H groups in total. The van der Waals surface area contributed by atoms with Gasteiger partial charge in [-0.15, -0.1) is 0 Å². The first-order valence-electron chi connectivity index (χ1n) is 10.7. The van der Waals surface area contributed by atoms with Crippen molar-refractivity contribution < 1.29 is 9.59 Å². The number of carbonyl (C=O) groups excluding carboxylic acids is 2. The van der Waals surface area contributed by atoms with Crippen LogP contribution in [-0.2, 0) is 11.3 Å². The number of carbonyl (C=O) groups is 2. The van der Waals surface area contributed by atoms with E-state index in [-0.39, 0.29) is 28.8 Å². The van der Waals surface area contributed by atoms with E-state index in [0.29, 0.717) is 51.1 Å². The van der Waals surface area contributed by atoms with Crippen molar-refractivity contribution in [3.63, 3.8) is 0 Å². The highest BCUT2D eigenvalue weighted by Gasteiger charge is 2.31. The molecule has 0 aromatic carbocycles. The first-order valence-corrected chi connectivity index (χ1v) is 10.7. The molecule has 1 aliphatic carbocycles. The molecule has 0 atom stereocenters. The van der Waals surface area contributed by atoms with Crippen LogP contribution in [0.4, 0.5) is 0 Å². The molecular weight excluding hydrogens is 386 g/mol. The van der Waals surface area contributed by atoms with Crippen LogP contribution in [0, 0.1) is 0 Å². The monoisotopic (exact) mass is 413 g/mol. The van der Waals surface area contributed by atoms with Crippen molar-refractivity contribution in [2.24, 2.45) is 0 Å². The quantitative estimate of drug-likeness (QED) is 0.789. The summed E-state index contributed by atoms with van der Waals surface area (Å²) in [6.45, 7) is 5.97. The number of aromatic amines is 1. The molecule has 2 aromatic heterocycles. The van der Waals surface area contributed by atoms with Gasteiger partial charge in [-0.3, -0.25) is 23.9 Å². The third-order valence-electron chi connectivity index (χ3n) is 5.86. The fourth-order valence-electron chi connectivity index (χ4n) is 4.03. The lowest BCUT2D eigenvalue weighted by Gasteiger charge is -2.34. The molecule has 4 rings (SSSR count). The van der Waals surface area contributed by atoms with Crippen molar-refractivity contribution in [2.75, 3.05) is 26.2 Å². The third kappa shape index (κ3) is 3.64. The summed E-state index contributed by atoms with van der Waals surface area (Å²) >= 11 is 0. The Hall–Kier alpha value is -2.97. The number of piperazine rings is 1. The van der Waals surface area contributed by atoms with E-state index < -0.39 is 11.2 Å². The van der Waals surface area contributed by atoms with Crippen LogP contribution in [0.25, 0.3) is 11.0 Å². The van der Waals surface area contributed by atoms with E-state index in [0.717, 1.165) is 18.5 Å². The van der Waals surface area contributed by atoms with E-state index >= 15 is 0 Å². The van der Waals surface area contributed by atoms with Gasteiger partial charge in [0.2, 0.25) is 5.91 Å². The minimum Gasteiger partial charge on any atom is -0.339 e. The van der Waals surface area contributed by atoms with Gasteiger partial charge in [-0.2, -0.15) is 0 Å². The molecule has 2 aromatic rings. The second kappa shape index (κ2) is 8.04. The summed E-state index contributed by atoms with van der Waals surface area (Å²) in [6, 6.07) is 1.72. The third-order valence-corrected chi connectivity index (χ3v) is 5.86. The van der Waals surface area contributed by atoms with Crippen molar-refractivity contribution in [1.82, 2.24) is 24.3 Å². The highest BCUT2D eigenvalue weighted by atomic mass is 16.2. The Morgan fingerprint density at radius 1 is 1.10 bits per heavy atom. The van der Waals surface area contributed by atoms with Gasteiger partial charge < -0.3 is 9.80 Å². The second-order valence-corrected chi connectivity index (χ2v) is 8.01. The Kier molecular flexibility index (Phi) is 5.44. The van der Waals surface area contributed by atoms with Gasteiger partial charge in [-0.25, -0.2) is 9.78 Å². The van der Waals surface area contributed by atoms with Crippen LogP contribution in [0.15, 0.2) is 15.7 Å². The zero-order chi connectivity index (χ0) is 21.4. The van der Waals surface area contributed by atoms with Gasteiger partial charge in [0.25, 0.3) is 11.5 Å². The molecule has 30 heavy (non-hydrogen) atoms. The normalized spacial score (nSPS) is 16.9. The number of aromatic nitrogens is 3. The Labute approximate surface area is 173 Å². The number of nitrogens with one attached hydrogen (secondary N) is 1. The van der Waals surface area contributed by atoms with Gasteiger partial charge in [0, 0.05) is 50.8 Å². The molecule has 0 bridgehead atoms. The number of nitrogens with zero attached hydrogens (tertiary/aromatic N) is 4. The maximum atomic E-state index is 13.4. The van der Waals surface area contributed by atoms with Gasteiger partial charge in [-0.1, -0.05) is 13.8 Å². The average Bonchev–Trinajstić information content (AvgIpc) is 3.60. The minimum atomic E-state index is -0.583. The Morgan fingerprint density at radius 2 is 1.77 bits per heavy atom. The average molecular weight is 413 g/mol. The van der Waals surface area contributed by atoms with Gasteiger partial charge in [0.05, 0.1) is 10.9 Å². The minimum absolute atomic E-state index is 0.0764. The molecule has 0 spiro atoms. The summed E-state index contributed by atoms with van der Waals surface area (Å²) in [6.07, 6.45) is 3.13. The molecule has 0 unspecified atom stereocenters. The Morgan fingerprint density at radius 3 is 2.37 bits per heavy atom. The van der Waals surface area contributed by atoms with E-state index in [1.54, 1.807) is 15.9 Å². The lowest BCUT2D eigenvalue weighted by Crippen LogP contribution is -2.50. The summed E-state index contributed by atoms with van der Waals surface area (Å²) in [7, 11) is 0. The molecule has 1 saturated heterocycles. The largest absolute Gasteiger partial charge is 0.339 e. The number of amides is 2. The number of aryl methyl sites for hydroxylation is 1. The highest BCUT2D eigenvalue weighted by Crippen LogP contribution is 2.40. The SMILES string of the molecule is CCCn1c(=O)[nH]c(=O)c2c(C(=O)N3CCN(C(=O)CC)CC3)cc(C3CC3)nc21. The first kappa shape index (κ1) is 20.3. The van der Waals surface area contributed by atoms with Crippen LogP contribution in [0.2, 0.25) is 0 Å². The molecule has 3 heterocycles. The van der Waals surface area contributed by atoms with Crippen LogP contribution in [0.1, 0.15) is 61.5 Å². The number of fused-ring (bicyclic) bond motifs is 1. The molecule has 2 fully saturated rings. The van der Waals surface area contributed by atoms with E-state index in [1.165, 1.54) is 4.57 Å². The number of rotatable bonds is 5. The van der Waals surface area contributed by atoms with Crippen molar-refractivity contribution in [3.8, 4) is 0 Å². The molecule has 1 saturated carbocycles. The van der Waals surface area contributed by atoms with Crippen LogP contribution >= 0.6 is 0 Å². The molecule has 2 amide bonds. The van der Waals surface area contributed by atoms with Gasteiger partial charge in [0.1, 0.15) is 0 Å². The predicted molar refractivity (Wildman–Crippen MR) is 112 cm³/mol. The number of pyridine rings is 1. The maximum absolute atomic E-state index is 13.4. The Balaban J connectivity index is 1.77. The molecule has 160 valence electrons. The molecule has 9 nitrogen and oxygen atoms in total. The molecule has 1 aliphatic heterocycles. The van der Waals surface area contributed by atoms with E-state index in [4.69, 9.17) is 0 Å². The lowest BCUT2D eigenvalue weighted by molar-refractivity contribution is -0.132. The van der Waals surface area contributed by atoms with Crippen molar-refractivity contribution >= 4 is 22.8 Å². The van der Waals surface area contributed by atoms with Crippen molar-refractivity contribution in [1.29, 1.82) is 0 Å². The number of hydrogen-bond acceptors (Lipinski definition) is 5. The van der Waals surface area contributed by atoms with Crippen LogP contribution < -0.4 is 11.2 Å². The second-order valence-electron chi connectivity index (χ2n) is 8.01. The lowest BCUT2D eigenvalue weighted by atomic mass is 10.1. The van der Waals surface area contributed by atoms with Gasteiger partial charge in [0.15, 0.2) is 5.65 Å². The topological polar surface area (TPSA) is 108 Å². The molecular formula is C21H27N5O4. The smallest absolute Gasteiger partial charge is 0.329 e. The maximum Gasteiger partial charge on any atom is 0.329 e. The van der Waals surface area contributed by atoms with Crippen LogP contribution in [-0.4, -0.2) is 62.3 Å². The van der Waals surface area contributed by atoms with E-state index in [2.05, 4.69) is 9.97 Å². The Bertz CT molecular complexity index is 1110. The number of H-pyrrole nitrogens is 1. The predicted octanol–water partition coefficient (Wildman–Crippen LogP) is 1.07. The highest BCUT2D eigenvalue weighted by molar-refractivity contribution is 6.05. The summed E-state index contributed by atoms with van der Waals surface area (Å²) in [5, 5.41) is 0.171. The van der Waals surface area contributed by atoms with Crippen LogP contribution in [0.5, 0.6) is 0 Å². The summed E-state index contributed by atoms with van der Waals surface area (Å²) in [5.41, 5.74) is 0.266. The zero-order valence-electron chi connectivity index (χ0n) is 17.4. The summed E-state index contributed by atoms with van der Waals surface area (Å²) < 4.78 is 1.46. The van der Waals surface area contributed by atoms with Gasteiger partial charge in [-0.05, 0) is 25.3 Å². The summed E-state index contributed by atoms with van der Waals surface area (Å²) in [4.78, 5) is 60.9. The fraction of sp³-hybridized carbons (Fsp3) is 0.571. The fourth-order valence-corrected chi connectivity index (χ4v) is 4.03. The van der Waals surface area contributed by atoms with Gasteiger partial charge >= 0.3 is 5.69 Å². The molecule has 0 radical (unpaired) electrons. The zero-order valence-corrected chi connectivity index (χ0v) is 17.4. The van der Waals surface area contributed by atoms with E-state index in [1.807, 2.05) is 13.8 Å². The standard InChI is InChI=1S/C21H27N5O4/c1-3-7-26-18-17(19(28)23-21(26)30)14(12-15(22-18)13-5-6-13)20(29)25-10-8-24(9-11-25)16(27)4-2/h12-13H,3-11H2,1-2H3,(H,23,28,30). The van der Waals surface area contributed by atoms with Crippen molar-refractivity contribution in [3.05, 3.63) is 38.2 Å². The molecule has 9 heteroatoms. The van der Waals surface area contributed by atoms with E-state index in [9.17, 15) is 19.2 Å². The first-order chi connectivity index (χ1) is 14.4. The number of hydrogen-bond donors (Lipinski definition) is 1. The van der Waals surface area contributed by atoms with Crippen LogP contribution in [0.3, 0.4) is 0 Å². The summed E-state index contributed by atoms with van der Waals surface area (Å²) in [5.74, 6) is 0.0945. The van der Waals surface area contributed by atoms with Crippen molar-refractivity contribution in [2.45, 2.75) is 52.0 Å².